The van der Waals surface area contributed by atoms with Crippen LogP contribution in [-0.2, 0) is 20.0 Å². The van der Waals surface area contributed by atoms with Crippen LogP contribution in [-0.4, -0.2) is 24.4 Å². The summed E-state index contributed by atoms with van der Waals surface area (Å²) in [7, 11) is 1.76. The molecule has 2 N–H and O–H groups in total. The smallest absolute Gasteiger partial charge is 0.331 e. The maximum atomic E-state index is 11.7. The molecule has 2 aromatic rings. The predicted octanol–water partition coefficient (Wildman–Crippen LogP) is -0.414. The fraction of sp³-hybridized carbons (Fsp3) is 0.364. The van der Waals surface area contributed by atoms with Crippen molar-refractivity contribution in [1.29, 1.82) is 0 Å². The minimum atomic E-state index is -0.626. The summed E-state index contributed by atoms with van der Waals surface area (Å²) >= 11 is 0. The van der Waals surface area contributed by atoms with Gasteiger partial charge in [0.25, 0.3) is 5.56 Å². The molecule has 0 fully saturated rings. The van der Waals surface area contributed by atoms with Crippen molar-refractivity contribution in [3.8, 4) is 5.88 Å². The number of aromatic nitrogens is 4. The molecule has 18 heavy (non-hydrogen) atoms. The Morgan fingerprint density at radius 2 is 2.17 bits per heavy atom. The first-order valence-electron chi connectivity index (χ1n) is 5.55. The first-order chi connectivity index (χ1) is 8.52. The molecule has 0 unspecified atom stereocenters. The van der Waals surface area contributed by atoms with Crippen LogP contribution in [0.15, 0.2) is 22.0 Å². The third kappa shape index (κ3) is 2.06. The van der Waals surface area contributed by atoms with E-state index in [2.05, 4.69) is 10.1 Å². The highest BCUT2D eigenvalue weighted by Gasteiger charge is 2.13. The third-order valence-electron chi connectivity index (χ3n) is 2.72. The van der Waals surface area contributed by atoms with E-state index in [9.17, 15) is 14.7 Å². The lowest BCUT2D eigenvalue weighted by Gasteiger charge is -2.09. The van der Waals surface area contributed by atoms with Crippen LogP contribution in [0.25, 0.3) is 0 Å². The van der Waals surface area contributed by atoms with Crippen molar-refractivity contribution in [2.24, 2.45) is 7.05 Å². The third-order valence-corrected chi connectivity index (χ3v) is 2.72. The molecule has 0 bridgehead atoms. The number of hydrogen-bond acceptors (Lipinski definition) is 4. The molecule has 0 amide bonds. The van der Waals surface area contributed by atoms with E-state index in [1.807, 2.05) is 0 Å². The quantitative estimate of drug-likeness (QED) is 0.774. The minimum Gasteiger partial charge on any atom is -0.494 e. The minimum absolute atomic E-state index is 0.169. The summed E-state index contributed by atoms with van der Waals surface area (Å²) in [6.45, 7) is 1.91. The van der Waals surface area contributed by atoms with Gasteiger partial charge >= 0.3 is 5.69 Å². The highest BCUT2D eigenvalue weighted by atomic mass is 16.3. The van der Waals surface area contributed by atoms with Crippen LogP contribution in [0.5, 0.6) is 5.88 Å². The molecule has 7 heteroatoms. The maximum absolute atomic E-state index is 11.7. The van der Waals surface area contributed by atoms with E-state index >= 15 is 0 Å². The molecule has 0 radical (unpaired) electrons. The van der Waals surface area contributed by atoms with Crippen LogP contribution in [0.1, 0.15) is 18.1 Å². The summed E-state index contributed by atoms with van der Waals surface area (Å²) in [4.78, 5) is 25.3. The lowest BCUT2D eigenvalue weighted by molar-refractivity contribution is 0.402. The van der Waals surface area contributed by atoms with Crippen molar-refractivity contribution in [1.82, 2.24) is 19.3 Å². The van der Waals surface area contributed by atoms with E-state index in [0.29, 0.717) is 6.42 Å². The standard InChI is InChI=1S/C11H14N4O3/c1-3-8-9(16)13-11(18)15(10(8)17)6-7-4-12-14(2)5-7/h4-5,17H,3,6H2,1-2H3,(H,13,16,18). The fourth-order valence-electron chi connectivity index (χ4n) is 1.80. The molecule has 0 atom stereocenters. The largest absolute Gasteiger partial charge is 0.494 e. The Labute approximate surface area is 102 Å². The van der Waals surface area contributed by atoms with E-state index in [1.54, 1.807) is 31.0 Å². The zero-order valence-electron chi connectivity index (χ0n) is 10.2. The number of hydrogen-bond donors (Lipinski definition) is 2. The van der Waals surface area contributed by atoms with Crippen molar-refractivity contribution in [3.63, 3.8) is 0 Å². The SMILES string of the molecule is CCc1c(O)n(Cc2cnn(C)c2)c(=O)[nH]c1=O. The first-order valence-corrected chi connectivity index (χ1v) is 5.55. The monoisotopic (exact) mass is 250 g/mol. The van der Waals surface area contributed by atoms with Gasteiger partial charge in [-0.15, -0.1) is 0 Å². The number of aryl methyl sites for hydroxylation is 1. The molecule has 0 aliphatic carbocycles. The molecular weight excluding hydrogens is 236 g/mol. The van der Waals surface area contributed by atoms with Gasteiger partial charge in [-0.1, -0.05) is 6.92 Å². The van der Waals surface area contributed by atoms with E-state index in [0.717, 1.165) is 10.1 Å². The number of aromatic hydroxyl groups is 1. The Morgan fingerprint density at radius 1 is 1.44 bits per heavy atom. The number of rotatable bonds is 3. The normalized spacial score (nSPS) is 10.8. The van der Waals surface area contributed by atoms with Crippen LogP contribution in [0.3, 0.4) is 0 Å². The summed E-state index contributed by atoms with van der Waals surface area (Å²) in [5.74, 6) is -0.282. The Balaban J connectivity index is 2.51. The van der Waals surface area contributed by atoms with Crippen molar-refractivity contribution in [2.45, 2.75) is 19.9 Å². The molecule has 2 heterocycles. The highest BCUT2D eigenvalue weighted by Crippen LogP contribution is 2.12. The molecule has 96 valence electrons. The summed E-state index contributed by atoms with van der Waals surface area (Å²) in [5.41, 5.74) is -0.191. The van der Waals surface area contributed by atoms with Gasteiger partial charge < -0.3 is 5.11 Å². The fourth-order valence-corrected chi connectivity index (χ4v) is 1.80. The average molecular weight is 250 g/mol. The van der Waals surface area contributed by atoms with Gasteiger partial charge in [-0.2, -0.15) is 5.10 Å². The number of H-pyrrole nitrogens is 1. The second-order valence-electron chi connectivity index (χ2n) is 4.02. The number of nitrogens with one attached hydrogen (secondary N) is 1. The summed E-state index contributed by atoms with van der Waals surface area (Å²) < 4.78 is 2.72. The summed E-state index contributed by atoms with van der Waals surface area (Å²) in [6, 6.07) is 0. The number of aromatic amines is 1. The van der Waals surface area contributed by atoms with Crippen molar-refractivity contribution < 1.29 is 5.11 Å². The second-order valence-corrected chi connectivity index (χ2v) is 4.02. The van der Waals surface area contributed by atoms with E-state index in [1.165, 1.54) is 0 Å². The molecule has 0 saturated carbocycles. The van der Waals surface area contributed by atoms with Crippen LogP contribution >= 0.6 is 0 Å². The Kier molecular flexibility index (Phi) is 3.05. The zero-order chi connectivity index (χ0) is 13.3. The molecule has 0 aliphatic rings. The van der Waals surface area contributed by atoms with E-state index in [4.69, 9.17) is 0 Å². The Hall–Kier alpha value is -2.31. The van der Waals surface area contributed by atoms with Crippen LogP contribution < -0.4 is 11.2 Å². The summed E-state index contributed by atoms with van der Waals surface area (Å²) in [6.07, 6.45) is 3.69. The van der Waals surface area contributed by atoms with Gasteiger partial charge in [0, 0.05) is 18.8 Å². The van der Waals surface area contributed by atoms with Gasteiger partial charge in [0.1, 0.15) is 0 Å². The maximum Gasteiger partial charge on any atom is 0.331 e. The molecule has 0 aromatic carbocycles. The summed E-state index contributed by atoms with van der Waals surface area (Å²) in [5, 5.41) is 13.9. The first kappa shape index (κ1) is 12.2. The van der Waals surface area contributed by atoms with Gasteiger partial charge in [0.2, 0.25) is 5.88 Å². The average Bonchev–Trinajstić information content (AvgIpc) is 2.70. The predicted molar refractivity (Wildman–Crippen MR) is 64.7 cm³/mol. The lowest BCUT2D eigenvalue weighted by atomic mass is 10.2. The molecular formula is C11H14N4O3. The molecule has 0 saturated heterocycles. The van der Waals surface area contributed by atoms with Crippen molar-refractivity contribution in [2.75, 3.05) is 0 Å². The molecule has 0 spiro atoms. The Bertz CT molecular complexity index is 680. The van der Waals surface area contributed by atoms with Gasteiger partial charge in [-0.25, -0.2) is 4.79 Å². The van der Waals surface area contributed by atoms with Gasteiger partial charge in [0.15, 0.2) is 0 Å². The van der Waals surface area contributed by atoms with Crippen LogP contribution in [0, 0.1) is 0 Å². The molecule has 0 aliphatic heterocycles. The Morgan fingerprint density at radius 3 is 2.72 bits per heavy atom. The molecule has 2 rings (SSSR count). The van der Waals surface area contributed by atoms with Gasteiger partial charge in [-0.3, -0.25) is 19.0 Å². The second kappa shape index (κ2) is 4.52. The van der Waals surface area contributed by atoms with E-state index in [-0.39, 0.29) is 18.0 Å². The van der Waals surface area contributed by atoms with Crippen molar-refractivity contribution >= 4 is 0 Å². The molecule has 7 nitrogen and oxygen atoms in total. The zero-order valence-corrected chi connectivity index (χ0v) is 10.2. The van der Waals surface area contributed by atoms with Gasteiger partial charge in [0.05, 0.1) is 18.3 Å². The van der Waals surface area contributed by atoms with E-state index < -0.39 is 11.2 Å². The number of nitrogens with zero attached hydrogens (tertiary/aromatic N) is 3. The van der Waals surface area contributed by atoms with Crippen molar-refractivity contribution in [3.05, 3.63) is 44.4 Å². The van der Waals surface area contributed by atoms with Crippen LogP contribution in [0.2, 0.25) is 0 Å². The topological polar surface area (TPSA) is 92.9 Å². The van der Waals surface area contributed by atoms with Crippen LogP contribution in [0.4, 0.5) is 0 Å². The lowest BCUT2D eigenvalue weighted by Crippen LogP contribution is -2.32. The highest BCUT2D eigenvalue weighted by molar-refractivity contribution is 5.23. The van der Waals surface area contributed by atoms with Gasteiger partial charge in [-0.05, 0) is 6.42 Å². The molecule has 2 aromatic heterocycles.